The van der Waals surface area contributed by atoms with E-state index in [4.69, 9.17) is 18.9 Å². The molecule has 30 heavy (non-hydrogen) atoms. The molecule has 0 saturated carbocycles. The zero-order chi connectivity index (χ0) is 21.7. The average molecular weight is 430 g/mol. The van der Waals surface area contributed by atoms with E-state index in [0.29, 0.717) is 33.7 Å². The van der Waals surface area contributed by atoms with E-state index in [-0.39, 0.29) is 6.61 Å². The molecule has 3 rings (SSSR count). The van der Waals surface area contributed by atoms with Gasteiger partial charge in [0.15, 0.2) is 11.5 Å². The monoisotopic (exact) mass is 430 g/mol. The maximum absolute atomic E-state index is 13.0. The SMILES string of the molecule is CCOC(=O)C(c1ccc2nsnc2c1)C(C(=O)OC)c1ccc(OC)c(OC)c1. The van der Waals surface area contributed by atoms with Gasteiger partial charge in [-0.15, -0.1) is 0 Å². The van der Waals surface area contributed by atoms with Crippen molar-refractivity contribution in [2.45, 2.75) is 18.8 Å². The number of aromatic nitrogens is 2. The van der Waals surface area contributed by atoms with Crippen molar-refractivity contribution in [1.82, 2.24) is 8.75 Å². The molecule has 3 aromatic rings. The summed E-state index contributed by atoms with van der Waals surface area (Å²) < 4.78 is 29.5. The Balaban J connectivity index is 2.17. The number of methoxy groups -OCH3 is 3. The molecule has 0 aliphatic heterocycles. The van der Waals surface area contributed by atoms with Gasteiger partial charge in [0.2, 0.25) is 0 Å². The highest BCUT2D eigenvalue weighted by Crippen LogP contribution is 2.39. The Labute approximate surface area is 178 Å². The van der Waals surface area contributed by atoms with Crippen LogP contribution in [0.3, 0.4) is 0 Å². The maximum Gasteiger partial charge on any atom is 0.314 e. The second kappa shape index (κ2) is 9.53. The lowest BCUT2D eigenvalue weighted by molar-refractivity contribution is -0.152. The van der Waals surface area contributed by atoms with Crippen LogP contribution in [0.1, 0.15) is 29.9 Å². The van der Waals surface area contributed by atoms with Gasteiger partial charge in [-0.1, -0.05) is 12.1 Å². The van der Waals surface area contributed by atoms with Crippen LogP contribution in [-0.4, -0.2) is 48.6 Å². The van der Waals surface area contributed by atoms with E-state index in [1.165, 1.54) is 21.3 Å². The first kappa shape index (κ1) is 21.5. The van der Waals surface area contributed by atoms with Crippen molar-refractivity contribution < 1.29 is 28.5 Å². The van der Waals surface area contributed by atoms with Crippen molar-refractivity contribution >= 4 is 34.7 Å². The number of nitrogens with zero attached hydrogens (tertiary/aromatic N) is 2. The van der Waals surface area contributed by atoms with Crippen molar-refractivity contribution in [3.63, 3.8) is 0 Å². The van der Waals surface area contributed by atoms with Gasteiger partial charge in [-0.25, -0.2) is 0 Å². The Bertz CT molecular complexity index is 1050. The van der Waals surface area contributed by atoms with Gasteiger partial charge < -0.3 is 18.9 Å². The molecule has 8 nitrogen and oxygen atoms in total. The summed E-state index contributed by atoms with van der Waals surface area (Å²) in [4.78, 5) is 25.9. The van der Waals surface area contributed by atoms with Crippen molar-refractivity contribution in [3.8, 4) is 11.5 Å². The lowest BCUT2D eigenvalue weighted by Gasteiger charge is -2.25. The molecule has 1 heterocycles. The van der Waals surface area contributed by atoms with E-state index in [0.717, 1.165) is 11.7 Å². The molecule has 2 unspecified atom stereocenters. The normalized spacial score (nSPS) is 12.8. The molecular weight excluding hydrogens is 408 g/mol. The fraction of sp³-hybridized carbons (Fsp3) is 0.333. The quantitative estimate of drug-likeness (QED) is 0.502. The lowest BCUT2D eigenvalue weighted by Crippen LogP contribution is -2.29. The zero-order valence-electron chi connectivity index (χ0n) is 17.1. The van der Waals surface area contributed by atoms with E-state index in [2.05, 4.69) is 8.75 Å². The number of esters is 2. The summed E-state index contributed by atoms with van der Waals surface area (Å²) in [5.41, 5.74) is 2.47. The largest absolute Gasteiger partial charge is 0.493 e. The van der Waals surface area contributed by atoms with Crippen molar-refractivity contribution in [2.24, 2.45) is 0 Å². The predicted molar refractivity (Wildman–Crippen MR) is 111 cm³/mol. The highest BCUT2D eigenvalue weighted by atomic mass is 32.1. The van der Waals surface area contributed by atoms with Crippen LogP contribution < -0.4 is 9.47 Å². The van der Waals surface area contributed by atoms with Gasteiger partial charge in [-0.2, -0.15) is 8.75 Å². The van der Waals surface area contributed by atoms with Gasteiger partial charge >= 0.3 is 11.9 Å². The third-order valence-corrected chi connectivity index (χ3v) is 5.29. The van der Waals surface area contributed by atoms with E-state index < -0.39 is 23.8 Å². The van der Waals surface area contributed by atoms with Crippen molar-refractivity contribution in [1.29, 1.82) is 0 Å². The minimum absolute atomic E-state index is 0.176. The smallest absolute Gasteiger partial charge is 0.314 e. The Hall–Kier alpha value is -3.20. The third-order valence-electron chi connectivity index (χ3n) is 4.73. The Morgan fingerprint density at radius 2 is 1.50 bits per heavy atom. The van der Waals surface area contributed by atoms with E-state index in [1.807, 2.05) is 0 Å². The van der Waals surface area contributed by atoms with Crippen LogP contribution >= 0.6 is 11.7 Å². The predicted octanol–water partition coefficient (Wildman–Crippen LogP) is 3.31. The number of hydrogen-bond donors (Lipinski definition) is 0. The fourth-order valence-corrected chi connectivity index (χ4v) is 3.84. The maximum atomic E-state index is 13.0. The van der Waals surface area contributed by atoms with Crippen LogP contribution in [0.2, 0.25) is 0 Å². The molecule has 2 atom stereocenters. The van der Waals surface area contributed by atoms with Gasteiger partial charge in [0.1, 0.15) is 11.0 Å². The van der Waals surface area contributed by atoms with E-state index in [1.54, 1.807) is 43.3 Å². The van der Waals surface area contributed by atoms with Crippen molar-refractivity contribution in [3.05, 3.63) is 47.5 Å². The summed E-state index contributed by atoms with van der Waals surface area (Å²) in [7, 11) is 4.31. The number of benzene rings is 2. The number of ether oxygens (including phenoxy) is 4. The summed E-state index contributed by atoms with van der Waals surface area (Å²) in [6.45, 7) is 1.89. The Kier molecular flexibility index (Phi) is 6.83. The molecule has 0 aliphatic carbocycles. The highest BCUT2D eigenvalue weighted by Gasteiger charge is 2.39. The first-order chi connectivity index (χ1) is 14.5. The molecule has 0 amide bonds. The third kappa shape index (κ3) is 4.20. The van der Waals surface area contributed by atoms with Crippen LogP contribution in [0, 0.1) is 0 Å². The molecule has 158 valence electrons. The van der Waals surface area contributed by atoms with Crippen LogP contribution in [-0.2, 0) is 19.1 Å². The average Bonchev–Trinajstić information content (AvgIpc) is 3.24. The van der Waals surface area contributed by atoms with Gasteiger partial charge in [0.25, 0.3) is 0 Å². The zero-order valence-corrected chi connectivity index (χ0v) is 17.9. The number of hydrogen-bond acceptors (Lipinski definition) is 9. The second-order valence-electron chi connectivity index (χ2n) is 6.36. The second-order valence-corrected chi connectivity index (χ2v) is 6.89. The minimum atomic E-state index is -0.960. The number of fused-ring (bicyclic) bond motifs is 1. The summed E-state index contributed by atoms with van der Waals surface area (Å²) in [6, 6.07) is 10.3. The standard InChI is InChI=1S/C21H22N2O6S/c1-5-29-21(25)19(12-6-8-14-15(10-12)23-30-22-14)18(20(24)28-4)13-7-9-16(26-2)17(11-13)27-3/h6-11,18-19H,5H2,1-4H3. The van der Waals surface area contributed by atoms with Crippen LogP contribution in [0.15, 0.2) is 36.4 Å². The molecular formula is C21H22N2O6S. The van der Waals surface area contributed by atoms with E-state index in [9.17, 15) is 9.59 Å². The molecule has 9 heteroatoms. The van der Waals surface area contributed by atoms with Gasteiger partial charge in [0, 0.05) is 0 Å². The number of rotatable bonds is 8. The Morgan fingerprint density at radius 3 is 2.17 bits per heavy atom. The van der Waals surface area contributed by atoms with Gasteiger partial charge in [0.05, 0.1) is 51.5 Å². The van der Waals surface area contributed by atoms with E-state index >= 15 is 0 Å². The number of carbonyl (C=O) groups is 2. The highest BCUT2D eigenvalue weighted by molar-refractivity contribution is 7.00. The molecule has 0 aliphatic rings. The summed E-state index contributed by atoms with van der Waals surface area (Å²) in [6.07, 6.45) is 0. The van der Waals surface area contributed by atoms with Gasteiger partial charge in [-0.3, -0.25) is 9.59 Å². The van der Waals surface area contributed by atoms with Crippen LogP contribution in [0.25, 0.3) is 11.0 Å². The van der Waals surface area contributed by atoms with Crippen LogP contribution in [0.4, 0.5) is 0 Å². The first-order valence-electron chi connectivity index (χ1n) is 9.22. The molecule has 0 radical (unpaired) electrons. The van der Waals surface area contributed by atoms with Crippen molar-refractivity contribution in [2.75, 3.05) is 27.9 Å². The molecule has 2 aromatic carbocycles. The topological polar surface area (TPSA) is 96.8 Å². The van der Waals surface area contributed by atoms with Crippen LogP contribution in [0.5, 0.6) is 11.5 Å². The molecule has 0 N–H and O–H groups in total. The lowest BCUT2D eigenvalue weighted by atomic mass is 9.81. The molecule has 0 saturated heterocycles. The molecule has 0 fully saturated rings. The first-order valence-corrected chi connectivity index (χ1v) is 9.95. The summed E-state index contributed by atoms with van der Waals surface area (Å²) in [5, 5.41) is 0. The fourth-order valence-electron chi connectivity index (χ4n) is 3.33. The number of carbonyl (C=O) groups excluding carboxylic acids is 2. The minimum Gasteiger partial charge on any atom is -0.493 e. The molecule has 0 bridgehead atoms. The molecule has 0 spiro atoms. The summed E-state index contributed by atoms with van der Waals surface area (Å²) >= 11 is 1.08. The Morgan fingerprint density at radius 1 is 0.867 bits per heavy atom. The van der Waals surface area contributed by atoms with Gasteiger partial charge in [-0.05, 0) is 42.3 Å². The summed E-state index contributed by atoms with van der Waals surface area (Å²) in [5.74, 6) is -2.07. The molecule has 1 aromatic heterocycles.